The molecule has 0 aliphatic rings. The summed E-state index contributed by atoms with van der Waals surface area (Å²) in [7, 11) is -3.66. The van der Waals surface area contributed by atoms with Crippen molar-refractivity contribution in [3.63, 3.8) is 0 Å². The first-order valence-electron chi connectivity index (χ1n) is 9.38. The fourth-order valence-electron chi connectivity index (χ4n) is 2.76. The van der Waals surface area contributed by atoms with Crippen molar-refractivity contribution >= 4 is 27.5 Å². The molecule has 0 unspecified atom stereocenters. The van der Waals surface area contributed by atoms with Gasteiger partial charge in [-0.15, -0.1) is 0 Å². The summed E-state index contributed by atoms with van der Waals surface area (Å²) < 4.78 is 26.7. The van der Waals surface area contributed by atoms with Gasteiger partial charge in [0.25, 0.3) is 5.91 Å². The van der Waals surface area contributed by atoms with Gasteiger partial charge in [-0.25, -0.2) is 8.42 Å². The molecule has 1 aromatic heterocycles. The molecule has 9 heteroatoms. The van der Waals surface area contributed by atoms with E-state index in [9.17, 15) is 18.0 Å². The molecule has 0 bridgehead atoms. The molecule has 2 N–H and O–H groups in total. The quantitative estimate of drug-likeness (QED) is 0.649. The number of amides is 2. The zero-order chi connectivity index (χ0) is 21.4. The number of rotatable bonds is 9. The van der Waals surface area contributed by atoms with Crippen molar-refractivity contribution in [3.8, 4) is 0 Å². The monoisotopic (exact) mass is 418 g/mol. The van der Waals surface area contributed by atoms with Crippen molar-refractivity contribution in [1.82, 2.24) is 14.6 Å². The largest absolute Gasteiger partial charge is 0.352 e. The predicted molar refractivity (Wildman–Crippen MR) is 111 cm³/mol. The first-order valence-corrected chi connectivity index (χ1v) is 10.8. The predicted octanol–water partition coefficient (Wildman–Crippen LogP) is 2.18. The van der Waals surface area contributed by atoms with Gasteiger partial charge < -0.3 is 10.6 Å². The van der Waals surface area contributed by atoms with Gasteiger partial charge in [0.05, 0.1) is 16.8 Å². The van der Waals surface area contributed by atoms with E-state index in [4.69, 9.17) is 0 Å². The first-order chi connectivity index (χ1) is 13.8. The SMILES string of the molecule is CCN(CC)S(=O)(=O)c1ccc(C)c(C(=O)NCCC(=O)Nc2cccnc2)c1. The maximum absolute atomic E-state index is 12.7. The van der Waals surface area contributed by atoms with E-state index in [1.807, 2.05) is 0 Å². The Morgan fingerprint density at radius 2 is 1.86 bits per heavy atom. The minimum absolute atomic E-state index is 0.0753. The summed E-state index contributed by atoms with van der Waals surface area (Å²) in [6.45, 7) is 6.08. The number of pyridine rings is 1. The van der Waals surface area contributed by atoms with E-state index in [2.05, 4.69) is 15.6 Å². The molecule has 156 valence electrons. The molecule has 0 spiro atoms. The number of carbonyl (C=O) groups excluding carboxylic acids is 2. The number of nitrogens with one attached hydrogen (secondary N) is 2. The van der Waals surface area contributed by atoms with E-state index < -0.39 is 15.9 Å². The van der Waals surface area contributed by atoms with Gasteiger partial charge in [-0.3, -0.25) is 14.6 Å². The third-order valence-corrected chi connectivity index (χ3v) is 6.43. The summed E-state index contributed by atoms with van der Waals surface area (Å²) in [6, 6.07) is 7.92. The Morgan fingerprint density at radius 3 is 2.48 bits per heavy atom. The lowest BCUT2D eigenvalue weighted by Gasteiger charge is -2.19. The number of aromatic nitrogens is 1. The van der Waals surface area contributed by atoms with Crippen LogP contribution in [0.2, 0.25) is 0 Å². The second-order valence-electron chi connectivity index (χ2n) is 6.36. The van der Waals surface area contributed by atoms with E-state index in [-0.39, 0.29) is 29.3 Å². The average Bonchev–Trinajstić information content (AvgIpc) is 2.69. The summed E-state index contributed by atoms with van der Waals surface area (Å²) in [5, 5.41) is 5.35. The molecule has 2 aromatic rings. The molecule has 8 nitrogen and oxygen atoms in total. The summed E-state index contributed by atoms with van der Waals surface area (Å²) in [6.07, 6.45) is 3.21. The second-order valence-corrected chi connectivity index (χ2v) is 8.30. The van der Waals surface area contributed by atoms with Gasteiger partial charge in [-0.1, -0.05) is 19.9 Å². The maximum Gasteiger partial charge on any atom is 0.251 e. The molecule has 0 radical (unpaired) electrons. The Bertz CT molecular complexity index is 958. The van der Waals surface area contributed by atoms with Crippen molar-refractivity contribution in [2.75, 3.05) is 25.0 Å². The van der Waals surface area contributed by atoms with Crippen molar-refractivity contribution < 1.29 is 18.0 Å². The number of benzene rings is 1. The third kappa shape index (κ3) is 5.85. The third-order valence-electron chi connectivity index (χ3n) is 4.38. The molecule has 0 aliphatic carbocycles. The van der Waals surface area contributed by atoms with Crippen LogP contribution >= 0.6 is 0 Å². The van der Waals surface area contributed by atoms with Gasteiger partial charge in [0, 0.05) is 37.8 Å². The first kappa shape index (κ1) is 22.5. The molecule has 1 heterocycles. The standard InChI is InChI=1S/C20H26N4O4S/c1-4-24(5-2)29(27,28)17-9-8-15(3)18(13-17)20(26)22-12-10-19(25)23-16-7-6-11-21-14-16/h6-9,11,13-14H,4-5,10,12H2,1-3H3,(H,22,26)(H,23,25). The zero-order valence-electron chi connectivity index (χ0n) is 16.8. The van der Waals surface area contributed by atoms with Crippen LogP contribution in [-0.2, 0) is 14.8 Å². The summed E-state index contributed by atoms with van der Waals surface area (Å²) in [5.41, 5.74) is 1.50. The van der Waals surface area contributed by atoms with E-state index in [0.29, 0.717) is 24.3 Å². The van der Waals surface area contributed by atoms with E-state index in [1.54, 1.807) is 45.2 Å². The van der Waals surface area contributed by atoms with Gasteiger partial charge in [0.2, 0.25) is 15.9 Å². The lowest BCUT2D eigenvalue weighted by atomic mass is 10.1. The Balaban J connectivity index is 2.02. The van der Waals surface area contributed by atoms with Gasteiger partial charge in [0.1, 0.15) is 0 Å². The Morgan fingerprint density at radius 1 is 1.14 bits per heavy atom. The Kier molecular flexibility index (Phi) is 7.86. The van der Waals surface area contributed by atoms with Crippen LogP contribution in [0.3, 0.4) is 0 Å². The molecule has 0 fully saturated rings. The zero-order valence-corrected chi connectivity index (χ0v) is 17.6. The summed E-state index contributed by atoms with van der Waals surface area (Å²) in [5.74, 6) is -0.679. The van der Waals surface area contributed by atoms with Crippen LogP contribution in [0.25, 0.3) is 0 Å². The topological polar surface area (TPSA) is 108 Å². The molecule has 2 rings (SSSR count). The number of nitrogens with zero attached hydrogens (tertiary/aromatic N) is 2. The number of hydrogen-bond donors (Lipinski definition) is 2. The van der Waals surface area contributed by atoms with Crippen LogP contribution in [0, 0.1) is 6.92 Å². The summed E-state index contributed by atoms with van der Waals surface area (Å²) >= 11 is 0. The Labute approximate surface area is 171 Å². The molecular formula is C20H26N4O4S. The molecule has 0 aliphatic heterocycles. The van der Waals surface area contributed by atoms with E-state index >= 15 is 0 Å². The van der Waals surface area contributed by atoms with Crippen LogP contribution in [-0.4, -0.2) is 49.2 Å². The van der Waals surface area contributed by atoms with Gasteiger partial charge >= 0.3 is 0 Å². The van der Waals surface area contributed by atoms with Crippen LogP contribution in [0.4, 0.5) is 5.69 Å². The maximum atomic E-state index is 12.7. The molecule has 0 saturated carbocycles. The second kappa shape index (κ2) is 10.1. The highest BCUT2D eigenvalue weighted by atomic mass is 32.2. The van der Waals surface area contributed by atoms with Crippen LogP contribution in [0.15, 0.2) is 47.6 Å². The highest BCUT2D eigenvalue weighted by Gasteiger charge is 2.23. The number of anilines is 1. The lowest BCUT2D eigenvalue weighted by molar-refractivity contribution is -0.116. The fourth-order valence-corrected chi connectivity index (χ4v) is 4.25. The average molecular weight is 419 g/mol. The van der Waals surface area contributed by atoms with Gasteiger partial charge in [0.15, 0.2) is 0 Å². The smallest absolute Gasteiger partial charge is 0.251 e. The highest BCUT2D eigenvalue weighted by Crippen LogP contribution is 2.19. The molecule has 2 amide bonds. The van der Waals surface area contributed by atoms with E-state index in [0.717, 1.165) is 0 Å². The molecular weight excluding hydrogens is 392 g/mol. The normalized spacial score (nSPS) is 11.3. The molecule has 1 aromatic carbocycles. The van der Waals surface area contributed by atoms with Crippen LogP contribution < -0.4 is 10.6 Å². The number of sulfonamides is 1. The molecule has 29 heavy (non-hydrogen) atoms. The van der Waals surface area contributed by atoms with Crippen molar-refractivity contribution in [2.24, 2.45) is 0 Å². The van der Waals surface area contributed by atoms with Crippen LogP contribution in [0.1, 0.15) is 36.2 Å². The lowest BCUT2D eigenvalue weighted by Crippen LogP contribution is -2.31. The van der Waals surface area contributed by atoms with Gasteiger partial charge in [-0.2, -0.15) is 4.31 Å². The number of aryl methyl sites for hydroxylation is 1. The minimum atomic E-state index is -3.66. The highest BCUT2D eigenvalue weighted by molar-refractivity contribution is 7.89. The molecule has 0 saturated heterocycles. The number of hydrogen-bond acceptors (Lipinski definition) is 5. The summed E-state index contributed by atoms with van der Waals surface area (Å²) in [4.78, 5) is 28.5. The van der Waals surface area contributed by atoms with Crippen molar-refractivity contribution in [3.05, 3.63) is 53.9 Å². The van der Waals surface area contributed by atoms with Crippen molar-refractivity contribution in [2.45, 2.75) is 32.1 Å². The van der Waals surface area contributed by atoms with Gasteiger partial charge in [-0.05, 0) is 36.8 Å². The van der Waals surface area contributed by atoms with E-state index in [1.165, 1.54) is 22.6 Å². The molecule has 0 atom stereocenters. The van der Waals surface area contributed by atoms with Crippen molar-refractivity contribution in [1.29, 1.82) is 0 Å². The Hall–Kier alpha value is -2.78. The number of carbonyl (C=O) groups is 2. The minimum Gasteiger partial charge on any atom is -0.352 e. The van der Waals surface area contributed by atoms with Crippen LogP contribution in [0.5, 0.6) is 0 Å². The fraction of sp³-hybridized carbons (Fsp3) is 0.350.